The second kappa shape index (κ2) is 12.5. The normalized spacial score (nSPS) is 11.6. The standard InChI is InChI=1S/C48H28N6O/c1-2-11-29(12-3-1)38-26-24-31-21-22-32-25-27-39(51-45(32)44(31)50-38)33-14-5-6-15-34(33)46-52-47(36-17-10-20-42-43(36)35-16-7-9-19-41(35)55-42)54-48(53-46)40-28-23-30-13-4-8-18-37(30)49-40/h1-28H. The molecule has 0 amide bonds. The number of fused-ring (bicyclic) bond motifs is 7. The highest BCUT2D eigenvalue weighted by Gasteiger charge is 2.20. The SMILES string of the molecule is c1ccc(-c2ccc3ccc4ccc(-c5ccccc5-c5nc(-c6ccc7ccccc7n6)nc(-c6cccc7oc8ccccc8c67)n5)nc4c3n2)cc1. The van der Waals surface area contributed by atoms with Crippen LogP contribution in [0.2, 0.25) is 0 Å². The van der Waals surface area contributed by atoms with E-state index in [-0.39, 0.29) is 0 Å². The zero-order valence-corrected chi connectivity index (χ0v) is 29.3. The summed E-state index contributed by atoms with van der Waals surface area (Å²) in [5.74, 6) is 1.51. The van der Waals surface area contributed by atoms with Crippen LogP contribution >= 0.6 is 0 Å². The van der Waals surface area contributed by atoms with Gasteiger partial charge in [-0.2, -0.15) is 0 Å². The van der Waals surface area contributed by atoms with E-state index in [2.05, 4.69) is 72.8 Å². The molecule has 0 spiro atoms. The summed E-state index contributed by atoms with van der Waals surface area (Å²) < 4.78 is 6.27. The number of pyridine rings is 3. The van der Waals surface area contributed by atoms with E-state index in [0.29, 0.717) is 23.2 Å². The minimum absolute atomic E-state index is 0.473. The van der Waals surface area contributed by atoms with Gasteiger partial charge in [0.15, 0.2) is 17.5 Å². The minimum Gasteiger partial charge on any atom is -0.456 e. The predicted molar refractivity (Wildman–Crippen MR) is 220 cm³/mol. The van der Waals surface area contributed by atoms with Crippen molar-refractivity contribution in [3.05, 3.63) is 170 Å². The molecule has 5 aromatic heterocycles. The lowest BCUT2D eigenvalue weighted by molar-refractivity contribution is 0.669. The van der Waals surface area contributed by atoms with Crippen molar-refractivity contribution in [1.29, 1.82) is 0 Å². The van der Waals surface area contributed by atoms with E-state index < -0.39 is 0 Å². The fourth-order valence-corrected chi connectivity index (χ4v) is 7.47. The van der Waals surface area contributed by atoms with Gasteiger partial charge >= 0.3 is 0 Å². The Morgan fingerprint density at radius 2 is 0.909 bits per heavy atom. The molecule has 6 aromatic carbocycles. The first-order chi connectivity index (χ1) is 27.2. The molecule has 256 valence electrons. The van der Waals surface area contributed by atoms with Crippen LogP contribution in [0.25, 0.3) is 111 Å². The number of hydrogen-bond donors (Lipinski definition) is 0. The maximum Gasteiger partial charge on any atom is 0.182 e. The van der Waals surface area contributed by atoms with Crippen molar-refractivity contribution in [2.45, 2.75) is 0 Å². The molecule has 0 N–H and O–H groups in total. The van der Waals surface area contributed by atoms with Crippen molar-refractivity contribution in [3.63, 3.8) is 0 Å². The highest BCUT2D eigenvalue weighted by Crippen LogP contribution is 2.38. The Hall–Kier alpha value is -7.64. The van der Waals surface area contributed by atoms with Crippen LogP contribution in [0.1, 0.15) is 0 Å². The molecular formula is C48H28N6O. The van der Waals surface area contributed by atoms with E-state index in [1.165, 1.54) is 0 Å². The van der Waals surface area contributed by atoms with E-state index >= 15 is 0 Å². The quantitative estimate of drug-likeness (QED) is 0.165. The zero-order valence-electron chi connectivity index (χ0n) is 29.3. The maximum absolute atomic E-state index is 6.27. The van der Waals surface area contributed by atoms with Crippen LogP contribution in [0.5, 0.6) is 0 Å². The Kier molecular flexibility index (Phi) is 7.03. The average molecular weight is 705 g/mol. The summed E-state index contributed by atoms with van der Waals surface area (Å²) in [5, 5.41) is 5.03. The largest absolute Gasteiger partial charge is 0.456 e. The molecule has 0 fully saturated rings. The first-order valence-electron chi connectivity index (χ1n) is 18.1. The molecule has 7 nitrogen and oxygen atoms in total. The Morgan fingerprint density at radius 3 is 1.76 bits per heavy atom. The van der Waals surface area contributed by atoms with E-state index in [0.717, 1.165) is 88.3 Å². The van der Waals surface area contributed by atoms with Crippen LogP contribution in [0.4, 0.5) is 0 Å². The summed E-state index contributed by atoms with van der Waals surface area (Å²) in [6, 6.07) is 57.1. The molecule has 0 unspecified atom stereocenters. The fraction of sp³-hybridized carbons (Fsp3) is 0. The summed E-state index contributed by atoms with van der Waals surface area (Å²) >= 11 is 0. The Bertz CT molecular complexity index is 3280. The number of para-hydroxylation sites is 2. The fourth-order valence-electron chi connectivity index (χ4n) is 7.47. The molecule has 0 aliphatic heterocycles. The van der Waals surface area contributed by atoms with E-state index in [9.17, 15) is 0 Å². The van der Waals surface area contributed by atoms with Crippen molar-refractivity contribution in [2.75, 3.05) is 0 Å². The van der Waals surface area contributed by atoms with Gasteiger partial charge < -0.3 is 4.42 Å². The molecule has 55 heavy (non-hydrogen) atoms. The Labute approximate surface area is 314 Å². The van der Waals surface area contributed by atoms with Crippen molar-refractivity contribution in [1.82, 2.24) is 29.9 Å². The highest BCUT2D eigenvalue weighted by molar-refractivity contribution is 6.12. The van der Waals surface area contributed by atoms with E-state index in [1.807, 2.05) is 97.1 Å². The molecule has 0 aliphatic carbocycles. The average Bonchev–Trinajstić information content (AvgIpc) is 3.65. The van der Waals surface area contributed by atoms with Gasteiger partial charge in [-0.15, -0.1) is 0 Å². The molecule has 0 saturated heterocycles. The van der Waals surface area contributed by atoms with Crippen LogP contribution in [-0.4, -0.2) is 29.9 Å². The molecule has 0 bridgehead atoms. The van der Waals surface area contributed by atoms with Gasteiger partial charge in [-0.25, -0.2) is 29.9 Å². The Morgan fingerprint density at radius 1 is 0.327 bits per heavy atom. The van der Waals surface area contributed by atoms with Gasteiger partial charge in [0.05, 0.1) is 27.9 Å². The third kappa shape index (κ3) is 5.29. The topological polar surface area (TPSA) is 90.5 Å². The van der Waals surface area contributed by atoms with Gasteiger partial charge in [-0.1, -0.05) is 133 Å². The smallest absolute Gasteiger partial charge is 0.182 e. The van der Waals surface area contributed by atoms with Crippen molar-refractivity contribution < 1.29 is 4.42 Å². The highest BCUT2D eigenvalue weighted by atomic mass is 16.3. The first-order valence-corrected chi connectivity index (χ1v) is 18.1. The molecule has 0 radical (unpaired) electrons. The molecule has 5 heterocycles. The third-order valence-corrected chi connectivity index (χ3v) is 10.1. The summed E-state index contributed by atoms with van der Waals surface area (Å²) in [7, 11) is 0. The predicted octanol–water partition coefficient (Wildman–Crippen LogP) is 11.8. The number of aromatic nitrogens is 6. The van der Waals surface area contributed by atoms with Gasteiger partial charge in [0.1, 0.15) is 16.9 Å². The van der Waals surface area contributed by atoms with Gasteiger partial charge in [0.25, 0.3) is 0 Å². The molecule has 0 aliphatic rings. The number of benzene rings is 6. The molecule has 11 rings (SSSR count). The minimum atomic E-state index is 0.473. The molecule has 7 heteroatoms. The molecule has 11 aromatic rings. The van der Waals surface area contributed by atoms with Crippen LogP contribution in [0, 0.1) is 0 Å². The lowest BCUT2D eigenvalue weighted by Gasteiger charge is -2.13. The second-order valence-electron chi connectivity index (χ2n) is 13.5. The van der Waals surface area contributed by atoms with Gasteiger partial charge in [-0.05, 0) is 36.4 Å². The maximum atomic E-state index is 6.27. The summed E-state index contributed by atoms with van der Waals surface area (Å²) in [6.07, 6.45) is 0. The summed E-state index contributed by atoms with van der Waals surface area (Å²) in [5.41, 5.74) is 10.1. The van der Waals surface area contributed by atoms with Crippen LogP contribution in [0.15, 0.2) is 174 Å². The van der Waals surface area contributed by atoms with E-state index in [1.54, 1.807) is 0 Å². The van der Waals surface area contributed by atoms with Gasteiger partial charge in [0.2, 0.25) is 0 Å². The van der Waals surface area contributed by atoms with E-state index in [4.69, 9.17) is 34.3 Å². The molecule has 0 saturated carbocycles. The number of nitrogens with zero attached hydrogens (tertiary/aromatic N) is 6. The first kappa shape index (κ1) is 30.9. The number of furan rings is 1. The third-order valence-electron chi connectivity index (χ3n) is 10.1. The van der Waals surface area contributed by atoms with Crippen LogP contribution < -0.4 is 0 Å². The lowest BCUT2D eigenvalue weighted by Crippen LogP contribution is -2.02. The van der Waals surface area contributed by atoms with Gasteiger partial charge in [-0.3, -0.25) is 0 Å². The summed E-state index contributed by atoms with van der Waals surface area (Å²) in [4.78, 5) is 30.9. The number of hydrogen-bond acceptors (Lipinski definition) is 7. The van der Waals surface area contributed by atoms with Crippen molar-refractivity contribution >= 4 is 54.6 Å². The van der Waals surface area contributed by atoms with Crippen LogP contribution in [-0.2, 0) is 0 Å². The summed E-state index contributed by atoms with van der Waals surface area (Å²) in [6.45, 7) is 0. The zero-order chi connectivity index (χ0) is 36.3. The Balaban J connectivity index is 1.13. The lowest BCUT2D eigenvalue weighted by atomic mass is 10.0. The molecular weight excluding hydrogens is 677 g/mol. The van der Waals surface area contributed by atoms with Crippen LogP contribution in [0.3, 0.4) is 0 Å². The second-order valence-corrected chi connectivity index (χ2v) is 13.5. The molecule has 0 atom stereocenters. The van der Waals surface area contributed by atoms with Gasteiger partial charge in [0, 0.05) is 49.2 Å². The monoisotopic (exact) mass is 704 g/mol. The van der Waals surface area contributed by atoms with Crippen molar-refractivity contribution in [2.24, 2.45) is 0 Å². The van der Waals surface area contributed by atoms with Crippen molar-refractivity contribution in [3.8, 4) is 56.8 Å². The number of rotatable bonds is 5.